The molecule has 0 aromatic heterocycles. The molecule has 100 valence electrons. The van der Waals surface area contributed by atoms with E-state index >= 15 is 0 Å². The standard InChI is InChI=1S/C13H29IOSe/c1-5-6-7-8-9-13(15)10-12(2)11-16(3,4)14/h12-13,15H,5-11H2,1-4H3. The van der Waals surface area contributed by atoms with Crippen molar-refractivity contribution < 1.29 is 5.11 Å². The maximum atomic E-state index is 9.93. The van der Waals surface area contributed by atoms with Crippen LogP contribution < -0.4 is 0 Å². The van der Waals surface area contributed by atoms with Gasteiger partial charge in [-0.05, 0) is 0 Å². The van der Waals surface area contributed by atoms with Crippen LogP contribution in [-0.2, 0) is 0 Å². The van der Waals surface area contributed by atoms with E-state index in [1.807, 2.05) is 0 Å². The molecule has 0 saturated heterocycles. The minimum atomic E-state index is -1.14. The first-order valence-electron chi connectivity index (χ1n) is 6.44. The quantitative estimate of drug-likeness (QED) is 0.325. The zero-order valence-corrected chi connectivity index (χ0v) is 15.2. The maximum absolute atomic E-state index is 9.93. The Hall–Kier alpha value is 1.21. The van der Waals surface area contributed by atoms with Gasteiger partial charge in [0, 0.05) is 0 Å². The van der Waals surface area contributed by atoms with E-state index in [-0.39, 0.29) is 6.10 Å². The van der Waals surface area contributed by atoms with Gasteiger partial charge >= 0.3 is 116 Å². The average molecular weight is 407 g/mol. The summed E-state index contributed by atoms with van der Waals surface area (Å²) >= 11 is 2.65. The monoisotopic (exact) mass is 408 g/mol. The van der Waals surface area contributed by atoms with Gasteiger partial charge < -0.3 is 0 Å². The van der Waals surface area contributed by atoms with Crippen LogP contribution in [0.1, 0.15) is 52.4 Å². The molecule has 1 nitrogen and oxygen atoms in total. The van der Waals surface area contributed by atoms with Gasteiger partial charge in [0.15, 0.2) is 0 Å². The predicted molar refractivity (Wildman–Crippen MR) is 84.9 cm³/mol. The molecular formula is C13H29IOSe. The third kappa shape index (κ3) is 11.7. The molecule has 0 fully saturated rings. The molecule has 16 heavy (non-hydrogen) atoms. The molecule has 0 bridgehead atoms. The van der Waals surface area contributed by atoms with Crippen molar-refractivity contribution in [3.63, 3.8) is 0 Å². The number of rotatable bonds is 9. The van der Waals surface area contributed by atoms with Crippen molar-refractivity contribution >= 4 is 29.9 Å². The summed E-state index contributed by atoms with van der Waals surface area (Å²) in [5, 5.41) is 11.3. The van der Waals surface area contributed by atoms with E-state index < -0.39 is 9.60 Å². The molecule has 0 radical (unpaired) electrons. The van der Waals surface area contributed by atoms with E-state index in [1.165, 1.54) is 31.0 Å². The molecule has 3 heteroatoms. The Labute approximate surface area is 116 Å². The second-order valence-electron chi connectivity index (χ2n) is 5.41. The number of hydrogen-bond donors (Lipinski definition) is 1. The number of unbranched alkanes of at least 4 members (excludes halogenated alkanes) is 3. The van der Waals surface area contributed by atoms with E-state index in [9.17, 15) is 5.11 Å². The van der Waals surface area contributed by atoms with Gasteiger partial charge in [-0.3, -0.25) is 0 Å². The van der Waals surface area contributed by atoms with Gasteiger partial charge in [-0.15, -0.1) is 0 Å². The third-order valence-corrected chi connectivity index (χ3v) is 7.47. The van der Waals surface area contributed by atoms with Gasteiger partial charge in [-0.1, -0.05) is 0 Å². The molecule has 0 spiro atoms. The summed E-state index contributed by atoms with van der Waals surface area (Å²) in [5.41, 5.74) is 0. The summed E-state index contributed by atoms with van der Waals surface area (Å²) in [7, 11) is -1.14. The Morgan fingerprint density at radius 2 is 1.81 bits per heavy atom. The van der Waals surface area contributed by atoms with Crippen LogP contribution in [0.3, 0.4) is 0 Å². The molecule has 0 aromatic rings. The fraction of sp³-hybridized carbons (Fsp3) is 1.00. The Bertz CT molecular complexity index is 168. The van der Waals surface area contributed by atoms with Gasteiger partial charge in [0.1, 0.15) is 0 Å². The van der Waals surface area contributed by atoms with E-state index in [0.717, 1.165) is 12.8 Å². The van der Waals surface area contributed by atoms with Crippen molar-refractivity contribution in [1.29, 1.82) is 0 Å². The van der Waals surface area contributed by atoms with Crippen LogP contribution in [0.25, 0.3) is 0 Å². The molecule has 0 rings (SSSR count). The number of aliphatic hydroxyl groups excluding tert-OH is 1. The normalized spacial score (nSPS) is 17.1. The molecule has 0 aliphatic carbocycles. The van der Waals surface area contributed by atoms with Crippen molar-refractivity contribution in [2.24, 2.45) is 5.92 Å². The zero-order valence-electron chi connectivity index (χ0n) is 11.3. The molecule has 0 amide bonds. The average Bonchev–Trinajstić information content (AvgIpc) is 2.09. The van der Waals surface area contributed by atoms with Crippen LogP contribution in [0.4, 0.5) is 0 Å². The molecular weight excluding hydrogens is 378 g/mol. The van der Waals surface area contributed by atoms with Crippen LogP contribution in [0, 0.1) is 5.92 Å². The Kier molecular flexibility index (Phi) is 9.87. The van der Waals surface area contributed by atoms with E-state index in [4.69, 9.17) is 0 Å². The SMILES string of the molecule is CCCCCCC(O)CC(C)C[Se](C)(C)I. The van der Waals surface area contributed by atoms with E-state index in [2.05, 4.69) is 45.8 Å². The number of halogens is 1. The van der Waals surface area contributed by atoms with Crippen molar-refractivity contribution in [1.82, 2.24) is 0 Å². The molecule has 1 N–H and O–H groups in total. The second kappa shape index (κ2) is 9.18. The molecule has 2 unspecified atom stereocenters. The first-order valence-corrected chi connectivity index (χ1v) is 16.3. The van der Waals surface area contributed by atoms with Crippen LogP contribution in [0.2, 0.25) is 17.0 Å². The van der Waals surface area contributed by atoms with E-state index in [0.29, 0.717) is 5.92 Å². The summed E-state index contributed by atoms with van der Waals surface area (Å²) in [5.74, 6) is 5.54. The summed E-state index contributed by atoms with van der Waals surface area (Å²) in [4.78, 5) is 0. The van der Waals surface area contributed by atoms with Crippen LogP contribution >= 0.6 is 20.3 Å². The molecule has 0 saturated carbocycles. The van der Waals surface area contributed by atoms with Crippen LogP contribution in [0.15, 0.2) is 0 Å². The number of aliphatic hydroxyl groups is 1. The third-order valence-electron chi connectivity index (χ3n) is 2.75. The Morgan fingerprint density at radius 3 is 2.31 bits per heavy atom. The Morgan fingerprint density at radius 1 is 1.19 bits per heavy atom. The molecule has 0 aliphatic rings. The van der Waals surface area contributed by atoms with Gasteiger partial charge in [-0.2, -0.15) is 0 Å². The van der Waals surface area contributed by atoms with Gasteiger partial charge in [0.05, 0.1) is 0 Å². The molecule has 0 aliphatic heterocycles. The Balaban J connectivity index is 3.58. The molecule has 0 heterocycles. The van der Waals surface area contributed by atoms with Crippen molar-refractivity contribution in [2.75, 3.05) is 0 Å². The fourth-order valence-corrected chi connectivity index (χ4v) is 8.45. The summed E-state index contributed by atoms with van der Waals surface area (Å²) in [6.07, 6.45) is 7.05. The summed E-state index contributed by atoms with van der Waals surface area (Å²) in [6.45, 7) is 4.53. The minimum absolute atomic E-state index is 0.0531. The van der Waals surface area contributed by atoms with Crippen molar-refractivity contribution in [2.45, 2.75) is 75.4 Å². The topological polar surface area (TPSA) is 20.2 Å². The van der Waals surface area contributed by atoms with Gasteiger partial charge in [0.25, 0.3) is 0 Å². The van der Waals surface area contributed by atoms with Crippen molar-refractivity contribution in [3.8, 4) is 0 Å². The van der Waals surface area contributed by atoms with Gasteiger partial charge in [-0.25, -0.2) is 0 Å². The number of hydrogen-bond acceptors (Lipinski definition) is 1. The van der Waals surface area contributed by atoms with Crippen LogP contribution in [-0.4, -0.2) is 20.8 Å². The van der Waals surface area contributed by atoms with Gasteiger partial charge in [0.2, 0.25) is 0 Å². The molecule has 0 aromatic carbocycles. The van der Waals surface area contributed by atoms with E-state index in [1.54, 1.807) is 0 Å². The fourth-order valence-electron chi connectivity index (χ4n) is 2.13. The van der Waals surface area contributed by atoms with Crippen LogP contribution in [0.5, 0.6) is 0 Å². The van der Waals surface area contributed by atoms with Crippen molar-refractivity contribution in [3.05, 3.63) is 0 Å². The summed E-state index contributed by atoms with van der Waals surface area (Å²) in [6, 6.07) is 0. The first-order chi connectivity index (χ1) is 7.35. The molecule has 2 atom stereocenters. The second-order valence-corrected chi connectivity index (χ2v) is 24.4. The zero-order chi connectivity index (χ0) is 12.6. The predicted octanol–water partition coefficient (Wildman–Crippen LogP) is 4.98. The summed E-state index contributed by atoms with van der Waals surface area (Å²) < 4.78 is 0. The first kappa shape index (κ1) is 17.2.